The van der Waals surface area contributed by atoms with Crippen molar-refractivity contribution in [2.24, 2.45) is 0 Å². The summed E-state index contributed by atoms with van der Waals surface area (Å²) in [5, 5.41) is 2.14. The molecule has 29 heavy (non-hydrogen) atoms. The highest BCUT2D eigenvalue weighted by Gasteiger charge is 2.25. The lowest BCUT2D eigenvalue weighted by molar-refractivity contribution is 0.590. The molecule has 5 rings (SSSR count). The number of fused-ring (bicyclic) bond motifs is 2. The van der Waals surface area contributed by atoms with Crippen molar-refractivity contribution < 1.29 is 0 Å². The first-order valence-corrected chi connectivity index (χ1v) is 11.6. The lowest BCUT2D eigenvalue weighted by Gasteiger charge is -2.33. The molecule has 1 nitrogen and oxygen atoms in total. The Bertz CT molecular complexity index is 1150. The monoisotopic (exact) mass is 413 g/mol. The van der Waals surface area contributed by atoms with E-state index in [4.69, 9.17) is 0 Å². The van der Waals surface area contributed by atoms with E-state index >= 15 is 0 Å². The van der Waals surface area contributed by atoms with E-state index in [2.05, 4.69) is 110 Å². The third kappa shape index (κ3) is 3.39. The maximum atomic E-state index is 2.39. The predicted molar refractivity (Wildman–Crippen MR) is 127 cm³/mol. The Morgan fingerprint density at radius 2 is 1.48 bits per heavy atom. The average Bonchev–Trinajstić information content (AvgIpc) is 3.26. The van der Waals surface area contributed by atoms with Gasteiger partial charge in [0.1, 0.15) is 0 Å². The van der Waals surface area contributed by atoms with Crippen LogP contribution < -0.4 is 4.90 Å². The summed E-state index contributed by atoms with van der Waals surface area (Å²) >= 11 is 3.65. The molecule has 3 aromatic carbocycles. The molecule has 0 radical (unpaired) electrons. The fraction of sp³-hybridized carbons (Fsp3) is 0.154. The van der Waals surface area contributed by atoms with Crippen LogP contribution in [0, 0.1) is 0 Å². The van der Waals surface area contributed by atoms with Crippen molar-refractivity contribution in [3.8, 4) is 10.4 Å². The Kier molecular flexibility index (Phi) is 4.53. The Labute approximate surface area is 181 Å². The maximum Gasteiger partial charge on any atom is 0.0602 e. The van der Waals surface area contributed by atoms with Gasteiger partial charge in [-0.25, -0.2) is 0 Å². The molecule has 0 bridgehead atoms. The van der Waals surface area contributed by atoms with Crippen LogP contribution >= 0.6 is 23.1 Å². The van der Waals surface area contributed by atoms with Gasteiger partial charge in [0.05, 0.1) is 11.4 Å². The molecular weight excluding hydrogens is 390 g/mol. The highest BCUT2D eigenvalue weighted by molar-refractivity contribution is 7.99. The summed E-state index contributed by atoms with van der Waals surface area (Å²) in [6, 6.07) is 28.9. The molecule has 0 amide bonds. The number of rotatable bonds is 2. The molecular formula is C26H23NS2. The van der Waals surface area contributed by atoms with Crippen LogP contribution in [0.3, 0.4) is 0 Å². The van der Waals surface area contributed by atoms with Crippen LogP contribution in [0.1, 0.15) is 26.3 Å². The fourth-order valence-corrected chi connectivity index (χ4v) is 5.56. The molecule has 0 unspecified atom stereocenters. The second kappa shape index (κ2) is 7.08. The third-order valence-electron chi connectivity index (χ3n) is 5.32. The molecule has 1 aliphatic rings. The van der Waals surface area contributed by atoms with Crippen molar-refractivity contribution in [1.82, 2.24) is 0 Å². The first-order valence-electron chi connectivity index (χ1n) is 9.86. The zero-order valence-electron chi connectivity index (χ0n) is 16.8. The van der Waals surface area contributed by atoms with Crippen LogP contribution in [-0.4, -0.2) is 0 Å². The van der Waals surface area contributed by atoms with Crippen LogP contribution in [0.15, 0.2) is 94.0 Å². The molecule has 144 valence electrons. The summed E-state index contributed by atoms with van der Waals surface area (Å²) in [6.45, 7) is 6.78. The van der Waals surface area contributed by atoms with E-state index in [1.165, 1.54) is 42.9 Å². The minimum absolute atomic E-state index is 0.154. The van der Waals surface area contributed by atoms with Gasteiger partial charge < -0.3 is 4.90 Å². The van der Waals surface area contributed by atoms with Crippen molar-refractivity contribution in [2.75, 3.05) is 4.90 Å². The first-order chi connectivity index (χ1) is 14.0. The van der Waals surface area contributed by atoms with Crippen LogP contribution in [0.25, 0.3) is 10.4 Å². The SMILES string of the molecule is CC(C)(C)c1ccc(N2c3ccccc3Sc3cc(-c4cccs4)ccc32)cc1. The van der Waals surface area contributed by atoms with Crippen molar-refractivity contribution in [3.05, 3.63) is 89.8 Å². The number of benzene rings is 3. The lowest BCUT2D eigenvalue weighted by Crippen LogP contribution is -2.16. The molecule has 0 N–H and O–H groups in total. The van der Waals surface area contributed by atoms with E-state index in [0.717, 1.165) is 0 Å². The number of hydrogen-bond acceptors (Lipinski definition) is 3. The van der Waals surface area contributed by atoms with Crippen molar-refractivity contribution in [3.63, 3.8) is 0 Å². The molecule has 0 fully saturated rings. The molecule has 0 aliphatic carbocycles. The maximum absolute atomic E-state index is 2.39. The van der Waals surface area contributed by atoms with Crippen molar-refractivity contribution in [2.45, 2.75) is 36.0 Å². The van der Waals surface area contributed by atoms with Gasteiger partial charge in [-0.05, 0) is 64.4 Å². The minimum Gasteiger partial charge on any atom is -0.308 e. The topological polar surface area (TPSA) is 3.24 Å². The van der Waals surface area contributed by atoms with Crippen molar-refractivity contribution >= 4 is 40.2 Å². The highest BCUT2D eigenvalue weighted by Crippen LogP contribution is 2.52. The van der Waals surface area contributed by atoms with E-state index in [1.54, 1.807) is 11.3 Å². The summed E-state index contributed by atoms with van der Waals surface area (Å²) < 4.78 is 0. The smallest absolute Gasteiger partial charge is 0.0602 e. The first kappa shape index (κ1) is 18.5. The van der Waals surface area contributed by atoms with E-state index in [-0.39, 0.29) is 5.41 Å². The molecule has 0 atom stereocenters. The third-order valence-corrected chi connectivity index (χ3v) is 7.35. The Hall–Kier alpha value is -2.49. The summed E-state index contributed by atoms with van der Waals surface area (Å²) in [5.74, 6) is 0. The zero-order valence-corrected chi connectivity index (χ0v) is 18.5. The van der Waals surface area contributed by atoms with Crippen LogP contribution in [0.2, 0.25) is 0 Å². The van der Waals surface area contributed by atoms with Gasteiger partial charge in [-0.1, -0.05) is 68.9 Å². The molecule has 1 aromatic heterocycles. The fourth-order valence-electron chi connectivity index (χ4n) is 3.74. The van der Waals surface area contributed by atoms with Crippen LogP contribution in [0.4, 0.5) is 17.1 Å². The number of anilines is 3. The highest BCUT2D eigenvalue weighted by atomic mass is 32.2. The standard InChI is InChI=1S/C26H23NS2/c1-26(2,3)19-11-13-20(14-12-19)27-21-7-4-5-8-24(21)29-25-17-18(10-15-22(25)27)23-9-6-16-28-23/h4-17H,1-3H3. The van der Waals surface area contributed by atoms with Gasteiger partial charge in [0, 0.05) is 20.4 Å². The number of para-hydroxylation sites is 1. The summed E-state index contributed by atoms with van der Waals surface area (Å²) in [7, 11) is 0. The Balaban J connectivity index is 1.64. The Morgan fingerprint density at radius 3 is 2.21 bits per heavy atom. The van der Waals surface area contributed by atoms with Gasteiger partial charge in [0.25, 0.3) is 0 Å². The van der Waals surface area contributed by atoms with E-state index < -0.39 is 0 Å². The van der Waals surface area contributed by atoms with Crippen LogP contribution in [-0.2, 0) is 5.41 Å². The molecule has 0 spiro atoms. The molecule has 2 heterocycles. The average molecular weight is 414 g/mol. The Morgan fingerprint density at radius 1 is 0.724 bits per heavy atom. The quantitative estimate of drug-likeness (QED) is 0.285. The number of thiophene rings is 1. The van der Waals surface area contributed by atoms with E-state index in [0.29, 0.717) is 0 Å². The van der Waals surface area contributed by atoms with Crippen LogP contribution in [0.5, 0.6) is 0 Å². The van der Waals surface area contributed by atoms with E-state index in [9.17, 15) is 0 Å². The van der Waals surface area contributed by atoms with Gasteiger partial charge in [0.2, 0.25) is 0 Å². The summed E-state index contributed by atoms with van der Waals surface area (Å²) in [4.78, 5) is 6.30. The largest absolute Gasteiger partial charge is 0.308 e. The molecule has 0 saturated heterocycles. The molecule has 4 aromatic rings. The van der Waals surface area contributed by atoms with E-state index in [1.807, 2.05) is 11.8 Å². The van der Waals surface area contributed by atoms with Gasteiger partial charge in [-0.3, -0.25) is 0 Å². The summed E-state index contributed by atoms with van der Waals surface area (Å²) in [6.07, 6.45) is 0. The lowest BCUT2D eigenvalue weighted by atomic mass is 9.87. The van der Waals surface area contributed by atoms with Gasteiger partial charge in [0.15, 0.2) is 0 Å². The zero-order chi connectivity index (χ0) is 20.0. The number of nitrogens with zero attached hydrogens (tertiary/aromatic N) is 1. The number of hydrogen-bond donors (Lipinski definition) is 0. The van der Waals surface area contributed by atoms with Gasteiger partial charge in [-0.2, -0.15) is 0 Å². The summed E-state index contributed by atoms with van der Waals surface area (Å²) in [5.41, 5.74) is 6.50. The van der Waals surface area contributed by atoms with Gasteiger partial charge in [-0.15, -0.1) is 11.3 Å². The predicted octanol–water partition coefficient (Wildman–Crippen LogP) is 8.65. The molecule has 1 aliphatic heterocycles. The minimum atomic E-state index is 0.154. The second-order valence-electron chi connectivity index (χ2n) is 8.36. The van der Waals surface area contributed by atoms with Crippen molar-refractivity contribution in [1.29, 1.82) is 0 Å². The molecule has 3 heteroatoms. The van der Waals surface area contributed by atoms with Gasteiger partial charge >= 0.3 is 0 Å². The second-order valence-corrected chi connectivity index (χ2v) is 10.4. The molecule has 0 saturated carbocycles. The normalized spacial score (nSPS) is 13.1.